The summed E-state index contributed by atoms with van der Waals surface area (Å²) in [5.41, 5.74) is 3.89. The summed E-state index contributed by atoms with van der Waals surface area (Å²) in [7, 11) is 1.56. The van der Waals surface area contributed by atoms with Crippen molar-refractivity contribution >= 4 is 23.1 Å². The molecule has 0 bridgehead atoms. The Bertz CT molecular complexity index is 1310. The number of ketones is 1. The van der Waals surface area contributed by atoms with Gasteiger partial charge in [-0.05, 0) is 65.6 Å². The molecule has 1 fully saturated rings. The number of ether oxygens (including phenoxy) is 2. The largest absolute Gasteiger partial charge is 0.507 e. The summed E-state index contributed by atoms with van der Waals surface area (Å²) < 4.78 is 11.0. The van der Waals surface area contributed by atoms with Crippen LogP contribution in [0.2, 0.25) is 0 Å². The van der Waals surface area contributed by atoms with Crippen molar-refractivity contribution in [3.05, 3.63) is 94.6 Å². The molecule has 2 heterocycles. The molecular formula is C28H25NO5. The fourth-order valence-electron chi connectivity index (χ4n) is 4.61. The molecule has 1 N–H and O–H groups in total. The number of aliphatic hydroxyl groups is 1. The zero-order chi connectivity index (χ0) is 23.8. The van der Waals surface area contributed by atoms with Crippen molar-refractivity contribution in [2.45, 2.75) is 25.8 Å². The van der Waals surface area contributed by atoms with Gasteiger partial charge in [0, 0.05) is 17.7 Å². The van der Waals surface area contributed by atoms with Crippen LogP contribution in [-0.2, 0) is 22.4 Å². The van der Waals surface area contributed by atoms with Crippen LogP contribution < -0.4 is 14.4 Å². The number of carbonyl (C=O) groups excluding carboxylic acids is 2. The highest BCUT2D eigenvalue weighted by molar-refractivity contribution is 6.51. The minimum atomic E-state index is -0.799. The molecule has 172 valence electrons. The van der Waals surface area contributed by atoms with E-state index in [1.807, 2.05) is 36.4 Å². The number of Topliss-reactive ketones (excluding diaryl/α,β-unsaturated/α-hetero) is 1. The van der Waals surface area contributed by atoms with Gasteiger partial charge in [0.15, 0.2) is 0 Å². The van der Waals surface area contributed by atoms with Crippen LogP contribution in [0.3, 0.4) is 0 Å². The Balaban J connectivity index is 1.69. The third kappa shape index (κ3) is 3.61. The summed E-state index contributed by atoms with van der Waals surface area (Å²) >= 11 is 0. The number of hydrogen-bond donors (Lipinski definition) is 1. The molecule has 1 saturated heterocycles. The van der Waals surface area contributed by atoms with Crippen LogP contribution in [0.1, 0.15) is 35.2 Å². The van der Waals surface area contributed by atoms with Crippen LogP contribution in [0.4, 0.5) is 5.69 Å². The van der Waals surface area contributed by atoms with Gasteiger partial charge in [0.05, 0.1) is 25.3 Å². The average Bonchev–Trinajstić information content (AvgIpc) is 3.45. The SMILES string of the molecule is CCc1ccc(N2C(=O)C(=O)/C(=C(\O)c3ccc4c(c3)CCO4)C2c2cccc(OC)c2)cc1. The van der Waals surface area contributed by atoms with Crippen molar-refractivity contribution in [3.63, 3.8) is 0 Å². The Kier molecular flexibility index (Phi) is 5.57. The van der Waals surface area contributed by atoms with E-state index in [-0.39, 0.29) is 11.3 Å². The van der Waals surface area contributed by atoms with E-state index in [0.29, 0.717) is 29.2 Å². The lowest BCUT2D eigenvalue weighted by Gasteiger charge is -2.26. The van der Waals surface area contributed by atoms with Gasteiger partial charge in [0.1, 0.15) is 17.3 Å². The summed E-state index contributed by atoms with van der Waals surface area (Å²) in [6, 6.07) is 19.3. The normalized spacial score (nSPS) is 18.6. The molecule has 0 aromatic heterocycles. The number of methoxy groups -OCH3 is 1. The van der Waals surface area contributed by atoms with Crippen molar-refractivity contribution in [1.82, 2.24) is 0 Å². The van der Waals surface area contributed by atoms with Gasteiger partial charge in [0.25, 0.3) is 11.7 Å². The number of aryl methyl sites for hydroxylation is 1. The molecule has 6 heteroatoms. The summed E-state index contributed by atoms with van der Waals surface area (Å²) in [5.74, 6) is -0.227. The Hall–Kier alpha value is -4.06. The van der Waals surface area contributed by atoms with Gasteiger partial charge >= 0.3 is 0 Å². The topological polar surface area (TPSA) is 76.1 Å². The second-order valence-electron chi connectivity index (χ2n) is 8.39. The van der Waals surface area contributed by atoms with Crippen LogP contribution in [0.25, 0.3) is 5.76 Å². The Morgan fingerprint density at radius 2 is 1.88 bits per heavy atom. The van der Waals surface area contributed by atoms with Gasteiger partial charge in [-0.3, -0.25) is 14.5 Å². The zero-order valence-electron chi connectivity index (χ0n) is 19.1. The maximum atomic E-state index is 13.3. The standard InChI is InChI=1S/C28H25NO5/c1-3-17-7-10-21(11-8-17)29-25(19-5-4-6-22(16-19)33-2)24(27(31)28(29)32)26(30)20-9-12-23-18(15-20)13-14-34-23/h4-12,15-16,25,30H,3,13-14H2,1-2H3/b26-24-. The third-order valence-corrected chi connectivity index (χ3v) is 6.44. The lowest BCUT2D eigenvalue weighted by Crippen LogP contribution is -2.29. The number of amides is 1. The molecule has 3 aromatic carbocycles. The molecule has 1 unspecified atom stereocenters. The van der Waals surface area contributed by atoms with E-state index >= 15 is 0 Å². The first-order valence-corrected chi connectivity index (χ1v) is 11.3. The molecule has 6 nitrogen and oxygen atoms in total. The maximum Gasteiger partial charge on any atom is 0.300 e. The highest BCUT2D eigenvalue weighted by Gasteiger charge is 2.47. The van der Waals surface area contributed by atoms with Crippen molar-refractivity contribution < 1.29 is 24.2 Å². The molecule has 2 aliphatic rings. The number of carbonyl (C=O) groups is 2. The Labute approximate surface area is 198 Å². The molecular weight excluding hydrogens is 430 g/mol. The second-order valence-corrected chi connectivity index (χ2v) is 8.39. The molecule has 0 saturated carbocycles. The molecule has 5 rings (SSSR count). The van der Waals surface area contributed by atoms with E-state index in [0.717, 1.165) is 29.7 Å². The number of anilines is 1. The smallest absolute Gasteiger partial charge is 0.300 e. The highest BCUT2D eigenvalue weighted by Crippen LogP contribution is 2.43. The van der Waals surface area contributed by atoms with E-state index in [2.05, 4.69) is 6.92 Å². The lowest BCUT2D eigenvalue weighted by molar-refractivity contribution is -0.132. The van der Waals surface area contributed by atoms with Gasteiger partial charge in [-0.15, -0.1) is 0 Å². The fourth-order valence-corrected chi connectivity index (χ4v) is 4.61. The molecule has 0 aliphatic carbocycles. The van der Waals surface area contributed by atoms with Crippen molar-refractivity contribution in [3.8, 4) is 11.5 Å². The number of rotatable bonds is 5. The fraction of sp³-hybridized carbons (Fsp3) is 0.214. The predicted molar refractivity (Wildman–Crippen MR) is 129 cm³/mol. The van der Waals surface area contributed by atoms with Gasteiger partial charge < -0.3 is 14.6 Å². The van der Waals surface area contributed by atoms with Gasteiger partial charge in [-0.2, -0.15) is 0 Å². The molecule has 0 radical (unpaired) electrons. The molecule has 2 aliphatic heterocycles. The van der Waals surface area contributed by atoms with Gasteiger partial charge in [-0.25, -0.2) is 0 Å². The van der Waals surface area contributed by atoms with Crippen LogP contribution in [0.5, 0.6) is 11.5 Å². The lowest BCUT2D eigenvalue weighted by atomic mass is 9.94. The highest BCUT2D eigenvalue weighted by atomic mass is 16.5. The first-order chi connectivity index (χ1) is 16.5. The van der Waals surface area contributed by atoms with E-state index in [4.69, 9.17) is 9.47 Å². The summed E-state index contributed by atoms with van der Waals surface area (Å²) in [5, 5.41) is 11.4. The van der Waals surface area contributed by atoms with Gasteiger partial charge in [0.2, 0.25) is 0 Å². The zero-order valence-corrected chi connectivity index (χ0v) is 19.1. The van der Waals surface area contributed by atoms with Crippen LogP contribution in [0.15, 0.2) is 72.3 Å². The maximum absolute atomic E-state index is 13.3. The number of nitrogens with zero attached hydrogens (tertiary/aromatic N) is 1. The molecule has 1 atom stereocenters. The van der Waals surface area contributed by atoms with Crippen LogP contribution in [0, 0.1) is 0 Å². The van der Waals surface area contributed by atoms with E-state index < -0.39 is 17.7 Å². The van der Waals surface area contributed by atoms with E-state index in [9.17, 15) is 14.7 Å². The third-order valence-electron chi connectivity index (χ3n) is 6.44. The monoisotopic (exact) mass is 455 g/mol. The second kappa shape index (κ2) is 8.71. The number of aliphatic hydroxyl groups excluding tert-OH is 1. The van der Waals surface area contributed by atoms with Gasteiger partial charge in [-0.1, -0.05) is 31.2 Å². The summed E-state index contributed by atoms with van der Waals surface area (Å²) in [6.45, 7) is 2.64. The molecule has 34 heavy (non-hydrogen) atoms. The molecule has 3 aromatic rings. The van der Waals surface area contributed by atoms with Crippen molar-refractivity contribution in [2.75, 3.05) is 18.6 Å². The first-order valence-electron chi connectivity index (χ1n) is 11.3. The Morgan fingerprint density at radius 3 is 2.62 bits per heavy atom. The average molecular weight is 456 g/mol. The molecule has 0 spiro atoms. The predicted octanol–water partition coefficient (Wildman–Crippen LogP) is 4.82. The summed E-state index contributed by atoms with van der Waals surface area (Å²) in [4.78, 5) is 28.1. The van der Waals surface area contributed by atoms with E-state index in [1.54, 1.807) is 37.4 Å². The van der Waals surface area contributed by atoms with E-state index in [1.165, 1.54) is 4.90 Å². The minimum Gasteiger partial charge on any atom is -0.507 e. The summed E-state index contributed by atoms with van der Waals surface area (Å²) in [6.07, 6.45) is 1.59. The van der Waals surface area contributed by atoms with Crippen LogP contribution >= 0.6 is 0 Å². The Morgan fingerprint density at radius 1 is 1.09 bits per heavy atom. The quantitative estimate of drug-likeness (QED) is 0.339. The first kappa shape index (κ1) is 21.8. The number of benzene rings is 3. The van der Waals surface area contributed by atoms with Crippen LogP contribution in [-0.4, -0.2) is 30.5 Å². The number of fused-ring (bicyclic) bond motifs is 1. The minimum absolute atomic E-state index is 0.0525. The van der Waals surface area contributed by atoms with Crippen molar-refractivity contribution in [1.29, 1.82) is 0 Å². The number of hydrogen-bond acceptors (Lipinski definition) is 5. The van der Waals surface area contributed by atoms with Crippen molar-refractivity contribution in [2.24, 2.45) is 0 Å². The molecule has 1 amide bonds.